The average Bonchev–Trinajstić information content (AvgIpc) is 2.92. The van der Waals surface area contributed by atoms with Crippen LogP contribution in [-0.4, -0.2) is 81.5 Å². The van der Waals surface area contributed by atoms with Crippen molar-refractivity contribution in [2.24, 2.45) is 0 Å². The highest BCUT2D eigenvalue weighted by Crippen LogP contribution is 2.26. The number of nitrogens with zero attached hydrogens (tertiary/aromatic N) is 3. The van der Waals surface area contributed by atoms with Crippen LogP contribution in [0.25, 0.3) is 0 Å². The summed E-state index contributed by atoms with van der Waals surface area (Å²) in [7, 11) is -0.428. The Hall–Kier alpha value is -2.42. The monoisotopic (exact) mass is 515 g/mol. The molecular weight excluding hydrogens is 474 g/mol. The van der Waals surface area contributed by atoms with Crippen molar-refractivity contribution in [3.05, 3.63) is 66.2 Å². The zero-order chi connectivity index (χ0) is 26.0. The molecule has 1 heterocycles. The molecule has 0 radical (unpaired) electrons. The Labute approximate surface area is 217 Å². The number of unbranched alkanes of at least 4 members (excludes halogenated alkanes) is 1. The van der Waals surface area contributed by atoms with E-state index in [-0.39, 0.29) is 18.1 Å². The molecule has 8 heteroatoms. The third-order valence-electron chi connectivity index (χ3n) is 7.15. The van der Waals surface area contributed by atoms with Crippen LogP contribution < -0.4 is 0 Å². The fourth-order valence-electron chi connectivity index (χ4n) is 4.93. The first-order valence-corrected chi connectivity index (χ1v) is 14.4. The van der Waals surface area contributed by atoms with Gasteiger partial charge in [0.05, 0.1) is 12.0 Å². The molecule has 36 heavy (non-hydrogen) atoms. The number of likely N-dealkylation sites (tertiary alicyclic amines) is 1. The lowest BCUT2D eigenvalue weighted by molar-refractivity contribution is 0.0765. The molecule has 1 saturated heterocycles. The Bertz CT molecular complexity index is 1030. The number of piperidine rings is 1. The zero-order valence-corrected chi connectivity index (χ0v) is 22.7. The number of hydrogen-bond donors (Lipinski definition) is 0. The SMILES string of the molecule is CCCCN(C(=O)OC)C1CCN(CCC(CN(C)S(=O)(=O)c2ccccc2)c2ccccc2)CC1. The van der Waals surface area contributed by atoms with Gasteiger partial charge in [0, 0.05) is 39.3 Å². The summed E-state index contributed by atoms with van der Waals surface area (Å²) in [6.45, 7) is 6.02. The van der Waals surface area contributed by atoms with Gasteiger partial charge in [-0.25, -0.2) is 17.5 Å². The lowest BCUT2D eigenvalue weighted by Crippen LogP contribution is -2.48. The fourth-order valence-corrected chi connectivity index (χ4v) is 6.17. The Morgan fingerprint density at radius 2 is 1.67 bits per heavy atom. The highest BCUT2D eigenvalue weighted by atomic mass is 32.2. The van der Waals surface area contributed by atoms with Gasteiger partial charge in [-0.3, -0.25) is 0 Å². The number of benzene rings is 2. The predicted octanol–water partition coefficient (Wildman–Crippen LogP) is 4.81. The topological polar surface area (TPSA) is 70.2 Å². The van der Waals surface area contributed by atoms with Crippen LogP contribution in [0, 0.1) is 0 Å². The lowest BCUT2D eigenvalue weighted by Gasteiger charge is -2.38. The van der Waals surface area contributed by atoms with Crippen molar-refractivity contribution in [3.8, 4) is 0 Å². The Morgan fingerprint density at radius 1 is 1.06 bits per heavy atom. The summed E-state index contributed by atoms with van der Waals surface area (Å²) in [6, 6.07) is 19.0. The van der Waals surface area contributed by atoms with Crippen molar-refractivity contribution < 1.29 is 17.9 Å². The molecule has 0 spiro atoms. The lowest BCUT2D eigenvalue weighted by atomic mass is 9.94. The summed E-state index contributed by atoms with van der Waals surface area (Å²) in [5.74, 6) is 0.0866. The van der Waals surface area contributed by atoms with Gasteiger partial charge in [0.2, 0.25) is 10.0 Å². The van der Waals surface area contributed by atoms with Crippen molar-refractivity contribution in [1.82, 2.24) is 14.1 Å². The predicted molar refractivity (Wildman–Crippen MR) is 144 cm³/mol. The Balaban J connectivity index is 1.61. The van der Waals surface area contributed by atoms with Crippen molar-refractivity contribution >= 4 is 16.1 Å². The van der Waals surface area contributed by atoms with Gasteiger partial charge in [-0.2, -0.15) is 0 Å². The van der Waals surface area contributed by atoms with E-state index in [2.05, 4.69) is 24.0 Å². The van der Waals surface area contributed by atoms with Gasteiger partial charge in [-0.1, -0.05) is 61.9 Å². The summed E-state index contributed by atoms with van der Waals surface area (Å²) < 4.78 is 32.8. The van der Waals surface area contributed by atoms with E-state index in [1.165, 1.54) is 11.4 Å². The van der Waals surface area contributed by atoms with E-state index in [9.17, 15) is 13.2 Å². The molecular formula is C28H41N3O4S. The fraction of sp³-hybridized carbons (Fsp3) is 0.536. The molecule has 1 amide bonds. The highest BCUT2D eigenvalue weighted by molar-refractivity contribution is 7.89. The van der Waals surface area contributed by atoms with Gasteiger partial charge >= 0.3 is 6.09 Å². The van der Waals surface area contributed by atoms with Crippen LogP contribution in [-0.2, 0) is 14.8 Å². The van der Waals surface area contributed by atoms with E-state index in [0.29, 0.717) is 11.4 Å². The highest BCUT2D eigenvalue weighted by Gasteiger charge is 2.29. The number of ether oxygens (including phenoxy) is 1. The summed E-state index contributed by atoms with van der Waals surface area (Å²) in [5.41, 5.74) is 1.15. The molecule has 7 nitrogen and oxygen atoms in total. The van der Waals surface area contributed by atoms with Crippen LogP contribution in [0.3, 0.4) is 0 Å². The van der Waals surface area contributed by atoms with E-state index in [4.69, 9.17) is 4.74 Å². The number of sulfonamides is 1. The number of amides is 1. The number of carbonyl (C=O) groups is 1. The van der Waals surface area contributed by atoms with Gasteiger partial charge in [0.1, 0.15) is 0 Å². The molecule has 198 valence electrons. The first kappa shape index (κ1) is 28.2. The van der Waals surface area contributed by atoms with Gasteiger partial charge in [0.25, 0.3) is 0 Å². The van der Waals surface area contributed by atoms with Gasteiger partial charge in [-0.15, -0.1) is 0 Å². The molecule has 0 saturated carbocycles. The summed E-state index contributed by atoms with van der Waals surface area (Å²) in [5, 5.41) is 0. The summed E-state index contributed by atoms with van der Waals surface area (Å²) >= 11 is 0. The molecule has 0 bridgehead atoms. The van der Waals surface area contributed by atoms with Crippen molar-refractivity contribution in [1.29, 1.82) is 0 Å². The number of likely N-dealkylation sites (N-methyl/N-ethyl adjacent to an activating group) is 1. The van der Waals surface area contributed by atoms with E-state index in [1.54, 1.807) is 31.3 Å². The number of hydrogen-bond acceptors (Lipinski definition) is 5. The van der Waals surface area contributed by atoms with Crippen LogP contribution in [0.2, 0.25) is 0 Å². The molecule has 1 aliphatic heterocycles. The molecule has 2 aromatic rings. The molecule has 1 atom stereocenters. The van der Waals surface area contributed by atoms with Crippen LogP contribution in [0.15, 0.2) is 65.6 Å². The number of methoxy groups -OCH3 is 1. The minimum Gasteiger partial charge on any atom is -0.453 e. The zero-order valence-electron chi connectivity index (χ0n) is 21.9. The summed E-state index contributed by atoms with van der Waals surface area (Å²) in [6.07, 6.45) is 4.51. The normalized spacial score (nSPS) is 16.1. The van der Waals surface area contributed by atoms with Crippen molar-refractivity contribution in [3.63, 3.8) is 0 Å². The molecule has 2 aromatic carbocycles. The van der Waals surface area contributed by atoms with Crippen molar-refractivity contribution in [2.45, 2.75) is 55.9 Å². The third-order valence-corrected chi connectivity index (χ3v) is 8.99. The van der Waals surface area contributed by atoms with Crippen LogP contribution >= 0.6 is 0 Å². The number of rotatable bonds is 12. The van der Waals surface area contributed by atoms with Crippen molar-refractivity contribution in [2.75, 3.05) is 46.9 Å². The summed E-state index contributed by atoms with van der Waals surface area (Å²) in [4.78, 5) is 16.9. The van der Waals surface area contributed by atoms with Gasteiger partial charge in [0.15, 0.2) is 0 Å². The smallest absolute Gasteiger partial charge is 0.409 e. The Morgan fingerprint density at radius 3 is 2.25 bits per heavy atom. The van der Waals surface area contributed by atoms with E-state index >= 15 is 0 Å². The van der Waals surface area contributed by atoms with Crippen LogP contribution in [0.1, 0.15) is 50.5 Å². The maximum atomic E-state index is 13.1. The largest absolute Gasteiger partial charge is 0.453 e. The minimum atomic E-state index is -3.55. The second-order valence-electron chi connectivity index (χ2n) is 9.58. The maximum absolute atomic E-state index is 13.1. The Kier molecular flexibility index (Phi) is 10.8. The average molecular weight is 516 g/mol. The second kappa shape index (κ2) is 13.8. The standard InChI is InChI=1S/C28H41N3O4S/c1-4-5-19-31(28(32)35-3)26-17-21-30(22-18-26)20-16-25(24-12-8-6-9-13-24)23-29(2)36(33,34)27-14-10-7-11-15-27/h6-15,25-26H,4-5,16-23H2,1-3H3. The van der Waals surface area contributed by atoms with Crippen LogP contribution in [0.5, 0.6) is 0 Å². The van der Waals surface area contributed by atoms with Gasteiger partial charge in [-0.05, 0) is 55.8 Å². The first-order valence-electron chi connectivity index (χ1n) is 13.0. The van der Waals surface area contributed by atoms with E-state index < -0.39 is 10.0 Å². The first-order chi connectivity index (χ1) is 17.4. The van der Waals surface area contributed by atoms with Crippen LogP contribution in [0.4, 0.5) is 4.79 Å². The third kappa shape index (κ3) is 7.54. The molecule has 3 rings (SSSR count). The molecule has 0 aliphatic carbocycles. The molecule has 0 aromatic heterocycles. The molecule has 1 unspecified atom stereocenters. The quantitative estimate of drug-likeness (QED) is 0.406. The van der Waals surface area contributed by atoms with E-state index in [1.807, 2.05) is 29.2 Å². The minimum absolute atomic E-state index is 0.0866. The second-order valence-corrected chi connectivity index (χ2v) is 11.6. The molecule has 1 fully saturated rings. The number of carbonyl (C=O) groups excluding carboxylic acids is 1. The van der Waals surface area contributed by atoms with Gasteiger partial charge < -0.3 is 14.5 Å². The molecule has 0 N–H and O–H groups in total. The molecule has 1 aliphatic rings. The van der Waals surface area contributed by atoms with E-state index in [0.717, 1.165) is 63.8 Å². The maximum Gasteiger partial charge on any atom is 0.409 e.